The van der Waals surface area contributed by atoms with E-state index in [-0.39, 0.29) is 0 Å². The Balaban J connectivity index is 3.58. The SMILES string of the molecule is [CH2]CCCC(C)(C[CH2])CC. The summed E-state index contributed by atoms with van der Waals surface area (Å²) in [6.45, 7) is 12.4. The van der Waals surface area contributed by atoms with Gasteiger partial charge >= 0.3 is 0 Å². The zero-order chi connectivity index (χ0) is 8.04. The summed E-state index contributed by atoms with van der Waals surface area (Å²) in [7, 11) is 0. The molecule has 2 radical (unpaired) electrons. The standard InChI is InChI=1S/C10H20/c1-5-8-9-10(4,6-2)7-3/h1-2,5-9H2,3-4H3. The van der Waals surface area contributed by atoms with E-state index in [1.54, 1.807) is 0 Å². The second-order valence-electron chi connectivity index (χ2n) is 3.37. The molecule has 0 heteroatoms. The van der Waals surface area contributed by atoms with Crippen molar-refractivity contribution >= 4 is 0 Å². The molecule has 0 bridgehead atoms. The highest BCUT2D eigenvalue weighted by molar-refractivity contribution is 4.73. The van der Waals surface area contributed by atoms with Gasteiger partial charge in [0.1, 0.15) is 0 Å². The molecule has 0 heterocycles. The first kappa shape index (κ1) is 10.0. The lowest BCUT2D eigenvalue weighted by Gasteiger charge is -2.26. The monoisotopic (exact) mass is 140 g/mol. The Labute approximate surface area is 66.0 Å². The summed E-state index contributed by atoms with van der Waals surface area (Å²) in [6, 6.07) is 0. The summed E-state index contributed by atoms with van der Waals surface area (Å²) >= 11 is 0. The van der Waals surface area contributed by atoms with Gasteiger partial charge in [0.05, 0.1) is 0 Å². The molecule has 0 fully saturated rings. The molecule has 0 aromatic heterocycles. The molecule has 0 spiro atoms. The van der Waals surface area contributed by atoms with E-state index >= 15 is 0 Å². The first-order valence-corrected chi connectivity index (χ1v) is 4.27. The molecule has 1 unspecified atom stereocenters. The molecular weight excluding hydrogens is 120 g/mol. The second-order valence-corrected chi connectivity index (χ2v) is 3.37. The van der Waals surface area contributed by atoms with Gasteiger partial charge in [0.15, 0.2) is 0 Å². The summed E-state index contributed by atoms with van der Waals surface area (Å²) in [4.78, 5) is 0. The molecule has 0 saturated carbocycles. The summed E-state index contributed by atoms with van der Waals surface area (Å²) in [5.41, 5.74) is 0.484. The molecule has 0 aromatic rings. The Morgan fingerprint density at radius 2 is 1.90 bits per heavy atom. The maximum atomic E-state index is 3.96. The molecule has 0 nitrogen and oxygen atoms in total. The fourth-order valence-electron chi connectivity index (χ4n) is 1.03. The minimum Gasteiger partial charge on any atom is -0.0649 e. The van der Waals surface area contributed by atoms with Gasteiger partial charge in [0.2, 0.25) is 0 Å². The lowest BCUT2D eigenvalue weighted by atomic mass is 9.80. The van der Waals surface area contributed by atoms with E-state index in [0.717, 1.165) is 12.8 Å². The Morgan fingerprint density at radius 3 is 2.20 bits per heavy atom. The van der Waals surface area contributed by atoms with Crippen LogP contribution in [0.25, 0.3) is 0 Å². The van der Waals surface area contributed by atoms with E-state index in [2.05, 4.69) is 27.7 Å². The highest BCUT2D eigenvalue weighted by Crippen LogP contribution is 2.30. The fraction of sp³-hybridized carbons (Fsp3) is 0.800. The van der Waals surface area contributed by atoms with Crippen molar-refractivity contribution in [1.29, 1.82) is 0 Å². The summed E-state index contributed by atoms with van der Waals surface area (Å²) in [5.74, 6) is 0. The first-order chi connectivity index (χ1) is 4.68. The molecule has 0 rings (SSSR count). The zero-order valence-corrected chi connectivity index (χ0v) is 7.45. The van der Waals surface area contributed by atoms with Crippen molar-refractivity contribution in [3.8, 4) is 0 Å². The molecule has 0 amide bonds. The zero-order valence-electron chi connectivity index (χ0n) is 7.45. The van der Waals surface area contributed by atoms with Crippen LogP contribution in [0, 0.1) is 19.3 Å². The molecular formula is C10H20. The van der Waals surface area contributed by atoms with Crippen LogP contribution >= 0.6 is 0 Å². The number of hydrogen-bond acceptors (Lipinski definition) is 0. The third-order valence-corrected chi connectivity index (χ3v) is 2.49. The largest absolute Gasteiger partial charge is 0.0649 e. The predicted molar refractivity (Wildman–Crippen MR) is 47.6 cm³/mol. The quantitative estimate of drug-likeness (QED) is 0.547. The van der Waals surface area contributed by atoms with Crippen molar-refractivity contribution in [3.05, 3.63) is 13.8 Å². The van der Waals surface area contributed by atoms with Crippen LogP contribution in [0.15, 0.2) is 0 Å². The van der Waals surface area contributed by atoms with E-state index < -0.39 is 0 Å². The van der Waals surface area contributed by atoms with Crippen LogP contribution in [-0.2, 0) is 0 Å². The molecule has 10 heavy (non-hydrogen) atoms. The average molecular weight is 140 g/mol. The first-order valence-electron chi connectivity index (χ1n) is 4.27. The topological polar surface area (TPSA) is 0 Å². The number of unbranched alkanes of at least 4 members (excludes halogenated alkanes) is 1. The Hall–Kier alpha value is 0. The third-order valence-electron chi connectivity index (χ3n) is 2.49. The fourth-order valence-corrected chi connectivity index (χ4v) is 1.03. The normalized spacial score (nSPS) is 12.0. The van der Waals surface area contributed by atoms with Crippen LogP contribution in [0.5, 0.6) is 0 Å². The summed E-state index contributed by atoms with van der Waals surface area (Å²) in [6.07, 6.45) is 5.91. The molecule has 1 atom stereocenters. The van der Waals surface area contributed by atoms with Crippen LogP contribution in [-0.4, -0.2) is 0 Å². The predicted octanol–water partition coefficient (Wildman–Crippen LogP) is 3.63. The smallest absolute Gasteiger partial charge is 0.0328 e. The third kappa shape index (κ3) is 3.24. The van der Waals surface area contributed by atoms with E-state index in [9.17, 15) is 0 Å². The van der Waals surface area contributed by atoms with Crippen molar-refractivity contribution in [2.75, 3.05) is 0 Å². The van der Waals surface area contributed by atoms with Gasteiger partial charge < -0.3 is 0 Å². The number of rotatable bonds is 5. The van der Waals surface area contributed by atoms with Gasteiger partial charge in [-0.15, -0.1) is 0 Å². The van der Waals surface area contributed by atoms with E-state index in [0.29, 0.717) is 5.41 Å². The lowest BCUT2D eigenvalue weighted by Crippen LogP contribution is -2.13. The minimum absolute atomic E-state index is 0.484. The Morgan fingerprint density at radius 1 is 1.30 bits per heavy atom. The molecule has 60 valence electrons. The van der Waals surface area contributed by atoms with Gasteiger partial charge in [-0.1, -0.05) is 47.0 Å². The van der Waals surface area contributed by atoms with Crippen LogP contribution in [0.2, 0.25) is 0 Å². The Kier molecular flexibility index (Phi) is 4.76. The highest BCUT2D eigenvalue weighted by Gasteiger charge is 2.17. The van der Waals surface area contributed by atoms with Crippen LogP contribution in [0.1, 0.15) is 46.0 Å². The van der Waals surface area contributed by atoms with Gasteiger partial charge in [0, 0.05) is 0 Å². The molecule has 0 aliphatic rings. The van der Waals surface area contributed by atoms with Crippen molar-refractivity contribution in [3.63, 3.8) is 0 Å². The van der Waals surface area contributed by atoms with Crippen LogP contribution < -0.4 is 0 Å². The minimum atomic E-state index is 0.484. The van der Waals surface area contributed by atoms with Crippen LogP contribution in [0.4, 0.5) is 0 Å². The molecule has 0 aliphatic carbocycles. The van der Waals surface area contributed by atoms with Gasteiger partial charge in [-0.2, -0.15) is 0 Å². The van der Waals surface area contributed by atoms with Gasteiger partial charge in [-0.25, -0.2) is 0 Å². The van der Waals surface area contributed by atoms with Gasteiger partial charge in [0.25, 0.3) is 0 Å². The van der Waals surface area contributed by atoms with E-state index in [1.807, 2.05) is 0 Å². The van der Waals surface area contributed by atoms with Crippen molar-refractivity contribution < 1.29 is 0 Å². The molecule has 0 saturated heterocycles. The Bertz CT molecular complexity index is 70.1. The molecule has 0 N–H and O–H groups in total. The maximum absolute atomic E-state index is 3.96. The highest BCUT2D eigenvalue weighted by atomic mass is 14.2. The van der Waals surface area contributed by atoms with Crippen molar-refractivity contribution in [2.24, 2.45) is 5.41 Å². The van der Waals surface area contributed by atoms with Gasteiger partial charge in [-0.05, 0) is 18.3 Å². The average Bonchev–Trinajstić information content (AvgIpc) is 2.00. The van der Waals surface area contributed by atoms with Gasteiger partial charge in [-0.3, -0.25) is 0 Å². The number of hydrogen-bond donors (Lipinski definition) is 0. The van der Waals surface area contributed by atoms with Crippen molar-refractivity contribution in [2.45, 2.75) is 46.0 Å². The molecule has 0 aliphatic heterocycles. The second kappa shape index (κ2) is 4.76. The van der Waals surface area contributed by atoms with E-state index in [4.69, 9.17) is 0 Å². The summed E-state index contributed by atoms with van der Waals surface area (Å²) in [5, 5.41) is 0. The van der Waals surface area contributed by atoms with E-state index in [1.165, 1.54) is 19.3 Å². The lowest BCUT2D eigenvalue weighted by molar-refractivity contribution is 0.280. The molecule has 0 aromatic carbocycles. The van der Waals surface area contributed by atoms with Crippen LogP contribution in [0.3, 0.4) is 0 Å². The van der Waals surface area contributed by atoms with Crippen molar-refractivity contribution in [1.82, 2.24) is 0 Å². The maximum Gasteiger partial charge on any atom is -0.0328 e. The summed E-state index contributed by atoms with van der Waals surface area (Å²) < 4.78 is 0.